The average molecular weight is 323 g/mol. The molecule has 0 saturated heterocycles. The molecule has 0 atom stereocenters. The zero-order valence-electron chi connectivity index (χ0n) is 14.5. The van der Waals surface area contributed by atoms with Gasteiger partial charge in [0.15, 0.2) is 5.78 Å². The monoisotopic (exact) mass is 323 g/mol. The number of Topliss-reactive ketones (excluding diaryl/α,β-unsaturated/α-hetero) is 1. The van der Waals surface area contributed by atoms with Crippen LogP contribution >= 0.6 is 0 Å². The Hall–Kier alpha value is -2.42. The number of carbonyl (C=O) groups excluding carboxylic acids is 2. The maximum atomic E-state index is 12.2. The molecule has 0 heterocycles. The quantitative estimate of drug-likeness (QED) is 0.739. The summed E-state index contributed by atoms with van der Waals surface area (Å²) in [6.45, 7) is 4.66. The molecule has 0 fully saturated rings. The number of amides is 1. The number of aryl methyl sites for hydroxylation is 2. The summed E-state index contributed by atoms with van der Waals surface area (Å²) in [6.07, 6.45) is 2.58. The lowest BCUT2D eigenvalue weighted by Crippen LogP contribution is -2.23. The molecule has 0 bridgehead atoms. The summed E-state index contributed by atoms with van der Waals surface area (Å²) in [5.74, 6) is -0.0740. The predicted molar refractivity (Wildman–Crippen MR) is 97.0 cm³/mol. The number of hydrogen-bond acceptors (Lipinski definition) is 2. The molecule has 1 amide bonds. The van der Waals surface area contributed by atoms with E-state index in [-0.39, 0.29) is 24.5 Å². The molecule has 0 radical (unpaired) electrons. The summed E-state index contributed by atoms with van der Waals surface area (Å²) in [5.41, 5.74) is 4.18. The molecule has 3 heteroatoms. The van der Waals surface area contributed by atoms with E-state index in [0.29, 0.717) is 12.1 Å². The van der Waals surface area contributed by atoms with Gasteiger partial charge < -0.3 is 5.32 Å². The van der Waals surface area contributed by atoms with Gasteiger partial charge in [0.1, 0.15) is 0 Å². The molecule has 2 aromatic carbocycles. The zero-order valence-corrected chi connectivity index (χ0v) is 14.5. The van der Waals surface area contributed by atoms with Crippen molar-refractivity contribution in [3.8, 4) is 0 Å². The first-order valence-electron chi connectivity index (χ1n) is 8.53. The Bertz CT molecular complexity index is 672. The fourth-order valence-corrected chi connectivity index (χ4v) is 2.51. The lowest BCUT2D eigenvalue weighted by atomic mass is 10.0. The Morgan fingerprint density at radius 2 is 1.50 bits per heavy atom. The first-order valence-corrected chi connectivity index (χ1v) is 8.53. The lowest BCUT2D eigenvalue weighted by Gasteiger charge is -2.06. The van der Waals surface area contributed by atoms with Crippen LogP contribution < -0.4 is 5.32 Å². The van der Waals surface area contributed by atoms with Crippen LogP contribution in [0.25, 0.3) is 0 Å². The van der Waals surface area contributed by atoms with E-state index in [0.717, 1.165) is 18.4 Å². The van der Waals surface area contributed by atoms with E-state index in [1.165, 1.54) is 11.1 Å². The van der Waals surface area contributed by atoms with E-state index in [2.05, 4.69) is 12.2 Å². The number of nitrogens with one attached hydrogen (secondary N) is 1. The van der Waals surface area contributed by atoms with Gasteiger partial charge in [-0.3, -0.25) is 9.59 Å². The fourth-order valence-electron chi connectivity index (χ4n) is 2.51. The van der Waals surface area contributed by atoms with Crippen LogP contribution in [-0.2, 0) is 17.8 Å². The van der Waals surface area contributed by atoms with Crippen molar-refractivity contribution < 1.29 is 9.59 Å². The average Bonchev–Trinajstić information content (AvgIpc) is 2.60. The Balaban J connectivity index is 1.76. The van der Waals surface area contributed by atoms with E-state index in [1.54, 1.807) is 0 Å². The van der Waals surface area contributed by atoms with E-state index in [4.69, 9.17) is 0 Å². The smallest absolute Gasteiger partial charge is 0.220 e. The molecule has 1 N–H and O–H groups in total. The van der Waals surface area contributed by atoms with Gasteiger partial charge in [-0.2, -0.15) is 0 Å². The van der Waals surface area contributed by atoms with Gasteiger partial charge in [-0.05, 0) is 24.5 Å². The normalized spacial score (nSPS) is 10.4. The molecule has 0 unspecified atom stereocenters. The maximum absolute atomic E-state index is 12.2. The molecule has 0 aliphatic carbocycles. The molecule has 126 valence electrons. The molecular formula is C21H25NO2. The van der Waals surface area contributed by atoms with Crippen LogP contribution in [-0.4, -0.2) is 11.7 Å². The van der Waals surface area contributed by atoms with Crippen molar-refractivity contribution in [2.24, 2.45) is 0 Å². The molecule has 0 aliphatic rings. The second-order valence-electron chi connectivity index (χ2n) is 6.13. The predicted octanol–water partition coefficient (Wildman–Crippen LogP) is 4.23. The van der Waals surface area contributed by atoms with Crippen molar-refractivity contribution >= 4 is 11.7 Å². The van der Waals surface area contributed by atoms with Crippen LogP contribution in [0.5, 0.6) is 0 Å². The summed E-state index contributed by atoms with van der Waals surface area (Å²) in [4.78, 5) is 24.0. The Kier molecular flexibility index (Phi) is 6.74. The highest BCUT2D eigenvalue weighted by atomic mass is 16.2. The van der Waals surface area contributed by atoms with E-state index < -0.39 is 0 Å². The Morgan fingerprint density at radius 1 is 0.875 bits per heavy atom. The minimum atomic E-state index is -0.0912. The third-order valence-corrected chi connectivity index (χ3v) is 4.00. The summed E-state index contributed by atoms with van der Waals surface area (Å²) in [5, 5.41) is 2.86. The zero-order chi connectivity index (χ0) is 17.4. The van der Waals surface area contributed by atoms with Gasteiger partial charge in [0.2, 0.25) is 5.91 Å². The lowest BCUT2D eigenvalue weighted by molar-refractivity contribution is -0.121. The van der Waals surface area contributed by atoms with Crippen molar-refractivity contribution in [1.82, 2.24) is 5.32 Å². The van der Waals surface area contributed by atoms with Gasteiger partial charge in [-0.25, -0.2) is 0 Å². The van der Waals surface area contributed by atoms with Crippen molar-refractivity contribution in [2.45, 2.75) is 46.1 Å². The van der Waals surface area contributed by atoms with Gasteiger partial charge in [0.05, 0.1) is 0 Å². The highest BCUT2D eigenvalue weighted by molar-refractivity contribution is 5.97. The minimum absolute atomic E-state index is 0.0172. The molecule has 3 nitrogen and oxygen atoms in total. The first kappa shape index (κ1) is 17.9. The van der Waals surface area contributed by atoms with Crippen LogP contribution in [0.1, 0.15) is 53.2 Å². The maximum Gasteiger partial charge on any atom is 0.220 e. The van der Waals surface area contributed by atoms with E-state index in [9.17, 15) is 9.59 Å². The van der Waals surface area contributed by atoms with Gasteiger partial charge in [-0.15, -0.1) is 0 Å². The third-order valence-electron chi connectivity index (χ3n) is 4.00. The second kappa shape index (κ2) is 9.02. The van der Waals surface area contributed by atoms with Crippen LogP contribution in [0.2, 0.25) is 0 Å². The SMILES string of the molecule is CCCc1ccc(C(=O)CCC(=O)NCc2ccc(C)cc2)cc1. The molecular weight excluding hydrogens is 298 g/mol. The summed E-state index contributed by atoms with van der Waals surface area (Å²) in [7, 11) is 0. The summed E-state index contributed by atoms with van der Waals surface area (Å²) < 4.78 is 0. The molecule has 24 heavy (non-hydrogen) atoms. The van der Waals surface area contributed by atoms with E-state index in [1.807, 2.05) is 55.5 Å². The van der Waals surface area contributed by atoms with Crippen molar-refractivity contribution in [2.75, 3.05) is 0 Å². The molecule has 0 aromatic heterocycles. The first-order chi connectivity index (χ1) is 11.6. The largest absolute Gasteiger partial charge is 0.352 e. The van der Waals surface area contributed by atoms with Gasteiger partial charge in [-0.1, -0.05) is 67.4 Å². The number of benzene rings is 2. The van der Waals surface area contributed by atoms with Gasteiger partial charge in [0, 0.05) is 24.9 Å². The standard InChI is InChI=1S/C21H25NO2/c1-3-4-17-9-11-19(12-10-17)20(23)13-14-21(24)22-15-18-7-5-16(2)6-8-18/h5-12H,3-4,13-15H2,1-2H3,(H,22,24). The highest BCUT2D eigenvalue weighted by Gasteiger charge is 2.09. The van der Waals surface area contributed by atoms with E-state index >= 15 is 0 Å². The minimum Gasteiger partial charge on any atom is -0.352 e. The summed E-state index contributed by atoms with van der Waals surface area (Å²) >= 11 is 0. The van der Waals surface area contributed by atoms with Crippen LogP contribution in [0.4, 0.5) is 0 Å². The topological polar surface area (TPSA) is 46.2 Å². The Labute approximate surface area is 144 Å². The number of carbonyl (C=O) groups is 2. The molecule has 0 aliphatic heterocycles. The highest BCUT2D eigenvalue weighted by Crippen LogP contribution is 2.10. The third kappa shape index (κ3) is 5.65. The van der Waals surface area contributed by atoms with Crippen molar-refractivity contribution in [3.05, 3.63) is 70.8 Å². The van der Waals surface area contributed by atoms with Crippen molar-refractivity contribution in [3.63, 3.8) is 0 Å². The van der Waals surface area contributed by atoms with Crippen LogP contribution in [0.3, 0.4) is 0 Å². The van der Waals surface area contributed by atoms with Gasteiger partial charge in [0.25, 0.3) is 0 Å². The molecule has 0 saturated carbocycles. The number of rotatable bonds is 8. The number of hydrogen-bond donors (Lipinski definition) is 1. The van der Waals surface area contributed by atoms with Crippen LogP contribution in [0.15, 0.2) is 48.5 Å². The molecule has 2 aromatic rings. The second-order valence-corrected chi connectivity index (χ2v) is 6.13. The number of ketones is 1. The van der Waals surface area contributed by atoms with Crippen molar-refractivity contribution in [1.29, 1.82) is 0 Å². The molecule has 2 rings (SSSR count). The Morgan fingerprint density at radius 3 is 2.12 bits per heavy atom. The summed E-state index contributed by atoms with van der Waals surface area (Å²) in [6, 6.07) is 15.7. The van der Waals surface area contributed by atoms with Crippen LogP contribution in [0, 0.1) is 6.92 Å². The molecule has 0 spiro atoms. The fraction of sp³-hybridized carbons (Fsp3) is 0.333. The van der Waals surface area contributed by atoms with Gasteiger partial charge >= 0.3 is 0 Å².